The largest absolute Gasteiger partial charge is 0.389 e. The zero-order valence-electron chi connectivity index (χ0n) is 9.25. The fourth-order valence-corrected chi connectivity index (χ4v) is 1.34. The van der Waals surface area contributed by atoms with Crippen molar-refractivity contribution in [1.82, 2.24) is 5.32 Å². The number of benzene rings is 1. The predicted molar refractivity (Wildman–Crippen MR) is 53.3 cm³/mol. The third-order valence-corrected chi connectivity index (χ3v) is 2.22. The van der Waals surface area contributed by atoms with Crippen molar-refractivity contribution in [3.05, 3.63) is 35.1 Å². The zero-order valence-corrected chi connectivity index (χ0v) is 9.25. The smallest absolute Gasteiger partial charge is 0.313 e. The highest BCUT2D eigenvalue weighted by Gasteiger charge is 2.25. The van der Waals surface area contributed by atoms with Crippen molar-refractivity contribution in [2.75, 3.05) is 6.54 Å². The fraction of sp³-hybridized carbons (Fsp3) is 0.455. The van der Waals surface area contributed by atoms with Crippen LogP contribution in [0.1, 0.15) is 18.4 Å². The molecule has 102 valence electrons. The van der Waals surface area contributed by atoms with Crippen LogP contribution in [0.4, 0.5) is 26.3 Å². The normalized spacial score (nSPS) is 11.9. The Morgan fingerprint density at radius 2 is 1.56 bits per heavy atom. The first-order valence-electron chi connectivity index (χ1n) is 5.20. The van der Waals surface area contributed by atoms with Gasteiger partial charge in [-0.1, -0.05) is 0 Å². The van der Waals surface area contributed by atoms with Crippen molar-refractivity contribution in [2.45, 2.75) is 25.6 Å². The van der Waals surface area contributed by atoms with Crippen LogP contribution in [0.3, 0.4) is 0 Å². The summed E-state index contributed by atoms with van der Waals surface area (Å²) in [5.74, 6) is -3.42. The molecule has 0 atom stereocenters. The van der Waals surface area contributed by atoms with E-state index >= 15 is 0 Å². The predicted octanol–water partition coefficient (Wildman–Crippen LogP) is 3.54. The van der Waals surface area contributed by atoms with Gasteiger partial charge in [0.2, 0.25) is 0 Å². The monoisotopic (exact) mass is 271 g/mol. The van der Waals surface area contributed by atoms with Crippen molar-refractivity contribution in [2.24, 2.45) is 0 Å². The van der Waals surface area contributed by atoms with E-state index in [1.165, 1.54) is 0 Å². The maximum absolute atomic E-state index is 13.1. The Labute approximate surface area is 99.8 Å². The van der Waals surface area contributed by atoms with Crippen LogP contribution in [-0.4, -0.2) is 12.7 Å². The summed E-state index contributed by atoms with van der Waals surface area (Å²) in [6, 6.07) is 1.09. The van der Waals surface area contributed by atoms with Gasteiger partial charge in [-0.15, -0.1) is 0 Å². The summed E-state index contributed by atoms with van der Waals surface area (Å²) in [4.78, 5) is 0. The van der Waals surface area contributed by atoms with E-state index in [0.717, 1.165) is 0 Å². The second-order valence-corrected chi connectivity index (χ2v) is 3.75. The van der Waals surface area contributed by atoms with Gasteiger partial charge in [0, 0.05) is 24.6 Å². The van der Waals surface area contributed by atoms with E-state index in [2.05, 4.69) is 5.32 Å². The number of hydrogen-bond donors (Lipinski definition) is 1. The molecule has 0 amide bonds. The van der Waals surface area contributed by atoms with E-state index < -0.39 is 30.0 Å². The van der Waals surface area contributed by atoms with Gasteiger partial charge in [-0.05, 0) is 19.0 Å². The first kappa shape index (κ1) is 14.8. The van der Waals surface area contributed by atoms with E-state index in [9.17, 15) is 26.3 Å². The minimum Gasteiger partial charge on any atom is -0.313 e. The highest BCUT2D eigenvalue weighted by Crippen LogP contribution is 2.20. The molecule has 0 aromatic heterocycles. The molecule has 18 heavy (non-hydrogen) atoms. The maximum atomic E-state index is 13.1. The van der Waals surface area contributed by atoms with Crippen LogP contribution in [-0.2, 0) is 6.54 Å². The lowest BCUT2D eigenvalue weighted by Crippen LogP contribution is -2.18. The molecule has 0 saturated carbocycles. The summed E-state index contributed by atoms with van der Waals surface area (Å²) in [5, 5.41) is 2.53. The summed E-state index contributed by atoms with van der Waals surface area (Å²) in [5.41, 5.74) is -0.124. The van der Waals surface area contributed by atoms with E-state index in [1.54, 1.807) is 0 Å². The van der Waals surface area contributed by atoms with Crippen LogP contribution < -0.4 is 5.32 Å². The summed E-state index contributed by atoms with van der Waals surface area (Å²) in [7, 11) is 0. The molecule has 0 fully saturated rings. The van der Waals surface area contributed by atoms with Crippen LogP contribution in [0.5, 0.6) is 0 Å². The molecular formula is C11H11F6N. The zero-order chi connectivity index (χ0) is 13.8. The van der Waals surface area contributed by atoms with Gasteiger partial charge in [-0.25, -0.2) is 13.2 Å². The molecule has 0 spiro atoms. The molecule has 0 bridgehead atoms. The number of hydrogen-bond acceptors (Lipinski definition) is 1. The van der Waals surface area contributed by atoms with Gasteiger partial charge in [0.25, 0.3) is 0 Å². The number of halogens is 6. The van der Waals surface area contributed by atoms with E-state index in [1.807, 2.05) is 0 Å². The maximum Gasteiger partial charge on any atom is 0.389 e. The lowest BCUT2D eigenvalue weighted by atomic mass is 10.2. The summed E-state index contributed by atoms with van der Waals surface area (Å²) in [6.45, 7) is -0.140. The fourth-order valence-electron chi connectivity index (χ4n) is 1.34. The van der Waals surface area contributed by atoms with Crippen LogP contribution in [0, 0.1) is 17.5 Å². The molecule has 1 aromatic carbocycles. The third-order valence-electron chi connectivity index (χ3n) is 2.22. The highest BCUT2D eigenvalue weighted by atomic mass is 19.4. The Bertz CT molecular complexity index is 401. The van der Waals surface area contributed by atoms with Crippen molar-refractivity contribution in [3.8, 4) is 0 Å². The minimum absolute atomic E-state index is 0.0119. The van der Waals surface area contributed by atoms with Crippen LogP contribution in [0.2, 0.25) is 0 Å². The summed E-state index contributed by atoms with van der Waals surface area (Å²) < 4.78 is 73.8. The van der Waals surface area contributed by atoms with Gasteiger partial charge < -0.3 is 5.32 Å². The molecule has 1 aromatic rings. The first-order chi connectivity index (χ1) is 8.29. The van der Waals surface area contributed by atoms with Gasteiger partial charge in [0.1, 0.15) is 5.82 Å². The first-order valence-corrected chi connectivity index (χ1v) is 5.20. The molecule has 0 aliphatic heterocycles. The average Bonchev–Trinajstić information content (AvgIpc) is 2.23. The number of rotatable bonds is 5. The molecule has 0 saturated heterocycles. The number of nitrogens with one attached hydrogen (secondary N) is 1. The van der Waals surface area contributed by atoms with Gasteiger partial charge in [0.15, 0.2) is 11.6 Å². The summed E-state index contributed by atoms with van der Waals surface area (Å²) in [6.07, 6.45) is -5.33. The second kappa shape index (κ2) is 6.08. The van der Waals surface area contributed by atoms with Gasteiger partial charge in [-0.3, -0.25) is 0 Å². The molecule has 0 unspecified atom stereocenters. The highest BCUT2D eigenvalue weighted by molar-refractivity contribution is 5.19. The van der Waals surface area contributed by atoms with Gasteiger partial charge in [-0.2, -0.15) is 13.2 Å². The average molecular weight is 271 g/mol. The van der Waals surface area contributed by atoms with Crippen LogP contribution in [0.15, 0.2) is 12.1 Å². The second-order valence-electron chi connectivity index (χ2n) is 3.75. The van der Waals surface area contributed by atoms with Gasteiger partial charge >= 0.3 is 6.18 Å². The standard InChI is InChI=1S/C11H11F6N/c12-8-5-10(14)9(13)4-7(8)6-18-3-1-2-11(15,16)17/h4-5,18H,1-3,6H2. The topological polar surface area (TPSA) is 12.0 Å². The quantitative estimate of drug-likeness (QED) is 0.490. The Morgan fingerprint density at radius 3 is 2.17 bits per heavy atom. The molecular weight excluding hydrogens is 260 g/mol. The molecule has 0 heterocycles. The van der Waals surface area contributed by atoms with Crippen molar-refractivity contribution >= 4 is 0 Å². The lowest BCUT2D eigenvalue weighted by Gasteiger charge is -2.08. The van der Waals surface area contributed by atoms with Crippen molar-refractivity contribution in [1.29, 1.82) is 0 Å². The molecule has 0 aliphatic rings. The Balaban J connectivity index is 2.38. The molecule has 1 N–H and O–H groups in total. The van der Waals surface area contributed by atoms with Gasteiger partial charge in [0.05, 0.1) is 0 Å². The molecule has 1 rings (SSSR count). The van der Waals surface area contributed by atoms with Crippen LogP contribution >= 0.6 is 0 Å². The van der Waals surface area contributed by atoms with Crippen LogP contribution in [0.25, 0.3) is 0 Å². The lowest BCUT2D eigenvalue weighted by molar-refractivity contribution is -0.135. The van der Waals surface area contributed by atoms with E-state index in [0.29, 0.717) is 12.1 Å². The molecule has 1 nitrogen and oxygen atoms in total. The van der Waals surface area contributed by atoms with Crippen molar-refractivity contribution in [3.63, 3.8) is 0 Å². The van der Waals surface area contributed by atoms with Crippen molar-refractivity contribution < 1.29 is 26.3 Å². The molecule has 0 radical (unpaired) electrons. The minimum atomic E-state index is -4.23. The Morgan fingerprint density at radius 1 is 0.944 bits per heavy atom. The number of alkyl halides is 3. The molecule has 7 heteroatoms. The third kappa shape index (κ3) is 4.95. The molecule has 0 aliphatic carbocycles. The Hall–Kier alpha value is -1.24. The van der Waals surface area contributed by atoms with E-state index in [4.69, 9.17) is 0 Å². The summed E-state index contributed by atoms with van der Waals surface area (Å²) >= 11 is 0. The van der Waals surface area contributed by atoms with E-state index in [-0.39, 0.29) is 25.1 Å². The Kier molecular flexibility index (Phi) is 5.01. The SMILES string of the molecule is Fc1cc(F)c(CNCCCC(F)(F)F)cc1F.